The third-order valence-electron chi connectivity index (χ3n) is 4.14. The van der Waals surface area contributed by atoms with E-state index < -0.39 is 5.60 Å². The largest absolute Gasteiger partial charge is 0.388 e. The first-order valence-corrected chi connectivity index (χ1v) is 9.07. The number of nitrogens with zero attached hydrogens (tertiary/aromatic N) is 1. The summed E-state index contributed by atoms with van der Waals surface area (Å²) in [4.78, 5) is 14.3. The molecule has 1 aromatic heterocycles. The fourth-order valence-corrected chi connectivity index (χ4v) is 2.92. The van der Waals surface area contributed by atoms with E-state index in [4.69, 9.17) is 9.47 Å². The second-order valence-corrected chi connectivity index (χ2v) is 7.30. The van der Waals surface area contributed by atoms with Crippen molar-refractivity contribution in [3.63, 3.8) is 0 Å². The fraction of sp³-hybridized carbons (Fsp3) is 0.333. The summed E-state index contributed by atoms with van der Waals surface area (Å²) in [6, 6.07) is 15.0. The number of non-ortho nitro benzene ring substituents is 1. The van der Waals surface area contributed by atoms with Gasteiger partial charge in [0.25, 0.3) is 5.69 Å². The maximum absolute atomic E-state index is 11.5. The number of aliphatic hydroxyl groups is 1. The lowest BCUT2D eigenvalue weighted by atomic mass is 10.1. The van der Waals surface area contributed by atoms with Crippen molar-refractivity contribution in [3.05, 3.63) is 64.2 Å². The molecule has 3 aromatic rings. The molecule has 0 radical (unpaired) electrons. The van der Waals surface area contributed by atoms with E-state index in [1.807, 2.05) is 42.5 Å². The van der Waals surface area contributed by atoms with Crippen LogP contribution < -0.4 is 0 Å². The number of nitro groups is 1. The zero-order chi connectivity index (χ0) is 20.1. The van der Waals surface area contributed by atoms with Crippen LogP contribution in [0.5, 0.6) is 0 Å². The Bertz CT molecular complexity index is 945. The molecule has 0 saturated heterocycles. The van der Waals surface area contributed by atoms with Crippen LogP contribution in [0.3, 0.4) is 0 Å². The first kappa shape index (κ1) is 20.0. The van der Waals surface area contributed by atoms with Gasteiger partial charge in [0.15, 0.2) is 0 Å². The number of rotatable bonds is 9. The molecule has 0 spiro atoms. The Kier molecular flexibility index (Phi) is 6.08. The van der Waals surface area contributed by atoms with Crippen molar-refractivity contribution >= 4 is 16.6 Å². The number of aromatic nitrogens is 1. The van der Waals surface area contributed by atoms with Gasteiger partial charge in [0.2, 0.25) is 0 Å². The average molecular weight is 384 g/mol. The Balaban J connectivity index is 1.72. The Morgan fingerprint density at radius 3 is 2.50 bits per heavy atom. The molecule has 1 heterocycles. The third kappa shape index (κ3) is 5.16. The van der Waals surface area contributed by atoms with Crippen molar-refractivity contribution in [1.82, 2.24) is 4.98 Å². The van der Waals surface area contributed by atoms with Crippen LogP contribution in [0, 0.1) is 10.1 Å². The summed E-state index contributed by atoms with van der Waals surface area (Å²) in [6.07, 6.45) is 0. The van der Waals surface area contributed by atoms with E-state index in [-0.39, 0.29) is 23.8 Å². The van der Waals surface area contributed by atoms with Crippen molar-refractivity contribution in [2.45, 2.75) is 26.1 Å². The molecule has 2 N–H and O–H groups in total. The zero-order valence-electron chi connectivity index (χ0n) is 16.0. The molecule has 0 aliphatic heterocycles. The van der Waals surface area contributed by atoms with Crippen LogP contribution in [0.15, 0.2) is 48.5 Å². The maximum Gasteiger partial charge on any atom is 0.293 e. The molecule has 2 aromatic carbocycles. The van der Waals surface area contributed by atoms with Gasteiger partial charge in [-0.05, 0) is 37.1 Å². The number of benzene rings is 2. The van der Waals surface area contributed by atoms with Gasteiger partial charge >= 0.3 is 0 Å². The highest BCUT2D eigenvalue weighted by atomic mass is 16.6. The van der Waals surface area contributed by atoms with Crippen LogP contribution in [-0.2, 0) is 16.1 Å². The number of ether oxygens (including phenoxy) is 2. The van der Waals surface area contributed by atoms with Crippen molar-refractivity contribution in [2.24, 2.45) is 0 Å². The quantitative estimate of drug-likeness (QED) is 0.329. The molecule has 0 amide bonds. The summed E-state index contributed by atoms with van der Waals surface area (Å²) in [5, 5.41) is 21.9. The lowest BCUT2D eigenvalue weighted by molar-refractivity contribution is -0.383. The number of nitrogens with one attached hydrogen (secondary N) is 1. The molecule has 0 unspecified atom stereocenters. The van der Waals surface area contributed by atoms with Crippen molar-refractivity contribution in [1.29, 1.82) is 0 Å². The summed E-state index contributed by atoms with van der Waals surface area (Å²) in [6.45, 7) is 4.49. The average Bonchev–Trinajstić information content (AvgIpc) is 3.07. The summed E-state index contributed by atoms with van der Waals surface area (Å²) in [7, 11) is 0. The van der Waals surface area contributed by atoms with Gasteiger partial charge in [-0.15, -0.1) is 0 Å². The smallest absolute Gasteiger partial charge is 0.293 e. The van der Waals surface area contributed by atoms with Crippen LogP contribution in [0.2, 0.25) is 0 Å². The van der Waals surface area contributed by atoms with Gasteiger partial charge in [-0.1, -0.05) is 30.3 Å². The molecule has 0 bridgehead atoms. The van der Waals surface area contributed by atoms with Gasteiger partial charge in [0.1, 0.15) is 5.52 Å². The molecule has 7 nitrogen and oxygen atoms in total. The summed E-state index contributed by atoms with van der Waals surface area (Å²) >= 11 is 0. The van der Waals surface area contributed by atoms with Gasteiger partial charge in [0.05, 0.1) is 37.0 Å². The normalized spacial score (nSPS) is 11.8. The highest BCUT2D eigenvalue weighted by molar-refractivity contribution is 5.92. The summed E-state index contributed by atoms with van der Waals surface area (Å²) < 4.78 is 10.9. The fourth-order valence-electron chi connectivity index (χ4n) is 2.92. The molecule has 0 saturated carbocycles. The Morgan fingerprint density at radius 1 is 1.11 bits per heavy atom. The molecular weight excluding hydrogens is 360 g/mol. The number of hydrogen-bond donors (Lipinski definition) is 2. The standard InChI is InChI=1S/C21H24N2O5/c1-21(2,24)14-28-9-8-27-13-15-10-17-12-18(16-6-4-3-5-7-16)22-20(17)19(11-15)23(25)26/h3-7,10-12,22,24H,8-9,13-14H2,1-2H3. The first-order chi connectivity index (χ1) is 13.3. The van der Waals surface area contributed by atoms with E-state index in [0.717, 1.165) is 22.2 Å². The van der Waals surface area contributed by atoms with E-state index in [1.165, 1.54) is 6.07 Å². The van der Waals surface area contributed by atoms with E-state index >= 15 is 0 Å². The van der Waals surface area contributed by atoms with Crippen LogP contribution in [0.4, 0.5) is 5.69 Å². The Labute approximate surface area is 163 Å². The molecule has 0 aliphatic rings. The van der Waals surface area contributed by atoms with Crippen LogP contribution in [-0.4, -0.2) is 40.4 Å². The highest BCUT2D eigenvalue weighted by Crippen LogP contribution is 2.31. The first-order valence-electron chi connectivity index (χ1n) is 9.07. The van der Waals surface area contributed by atoms with Crippen LogP contribution in [0.1, 0.15) is 19.4 Å². The van der Waals surface area contributed by atoms with Crippen LogP contribution >= 0.6 is 0 Å². The molecule has 148 valence electrons. The second kappa shape index (κ2) is 8.52. The SMILES string of the molecule is CC(C)(O)COCCOCc1cc([N+](=O)[O-])c2[nH]c(-c3ccccc3)cc2c1. The third-order valence-corrected chi connectivity index (χ3v) is 4.14. The molecule has 28 heavy (non-hydrogen) atoms. The predicted octanol–water partition coefficient (Wildman–Crippen LogP) is 4.05. The minimum absolute atomic E-state index is 0.0246. The van der Waals surface area contributed by atoms with E-state index in [1.54, 1.807) is 13.8 Å². The van der Waals surface area contributed by atoms with E-state index in [9.17, 15) is 15.2 Å². The van der Waals surface area contributed by atoms with Crippen molar-refractivity contribution < 1.29 is 19.5 Å². The van der Waals surface area contributed by atoms with E-state index in [2.05, 4.69) is 4.98 Å². The monoisotopic (exact) mass is 384 g/mol. The molecule has 0 aliphatic carbocycles. The second-order valence-electron chi connectivity index (χ2n) is 7.30. The van der Waals surface area contributed by atoms with Gasteiger partial charge in [-0.3, -0.25) is 10.1 Å². The van der Waals surface area contributed by atoms with Crippen molar-refractivity contribution in [2.75, 3.05) is 19.8 Å². The van der Waals surface area contributed by atoms with Gasteiger partial charge < -0.3 is 19.6 Å². The van der Waals surface area contributed by atoms with Crippen LogP contribution in [0.25, 0.3) is 22.2 Å². The predicted molar refractivity (Wildman–Crippen MR) is 107 cm³/mol. The lowest BCUT2D eigenvalue weighted by Crippen LogP contribution is -2.26. The highest BCUT2D eigenvalue weighted by Gasteiger charge is 2.17. The minimum Gasteiger partial charge on any atom is -0.388 e. The van der Waals surface area contributed by atoms with E-state index in [0.29, 0.717) is 18.7 Å². The molecular formula is C21H24N2O5. The summed E-state index contributed by atoms with van der Waals surface area (Å²) in [5.74, 6) is 0. The maximum atomic E-state index is 11.5. The Morgan fingerprint density at radius 2 is 1.82 bits per heavy atom. The molecule has 7 heteroatoms. The number of nitro benzene ring substituents is 1. The number of H-pyrrole nitrogens is 1. The molecule has 3 rings (SSSR count). The number of fused-ring (bicyclic) bond motifs is 1. The van der Waals surface area contributed by atoms with Gasteiger partial charge in [-0.25, -0.2) is 0 Å². The van der Waals surface area contributed by atoms with Crippen molar-refractivity contribution in [3.8, 4) is 11.3 Å². The zero-order valence-corrected chi connectivity index (χ0v) is 16.0. The number of aromatic amines is 1. The topological polar surface area (TPSA) is 97.6 Å². The minimum atomic E-state index is -0.879. The Hall–Kier alpha value is -2.74. The lowest BCUT2D eigenvalue weighted by Gasteiger charge is -2.16. The number of hydrogen-bond acceptors (Lipinski definition) is 5. The van der Waals surface area contributed by atoms with Gasteiger partial charge in [-0.2, -0.15) is 0 Å². The molecule has 0 atom stereocenters. The summed E-state index contributed by atoms with van der Waals surface area (Å²) in [5.41, 5.74) is 2.17. The molecule has 0 fully saturated rings. The van der Waals surface area contributed by atoms with Gasteiger partial charge in [0, 0.05) is 17.1 Å².